The van der Waals surface area contributed by atoms with E-state index in [0.717, 1.165) is 19.4 Å². The highest BCUT2D eigenvalue weighted by Crippen LogP contribution is 2.60. The topological polar surface area (TPSA) is 32.3 Å². The van der Waals surface area contributed by atoms with Crippen molar-refractivity contribution in [3.63, 3.8) is 0 Å². The lowest BCUT2D eigenvalue weighted by Gasteiger charge is -2.42. The van der Waals surface area contributed by atoms with Crippen LogP contribution in [0.3, 0.4) is 0 Å². The first-order valence-electron chi connectivity index (χ1n) is 6.33. The number of aliphatic hydroxyl groups is 1. The molecule has 3 atom stereocenters. The van der Waals surface area contributed by atoms with Gasteiger partial charge in [0.2, 0.25) is 0 Å². The average Bonchev–Trinajstić information content (AvgIpc) is 2.47. The summed E-state index contributed by atoms with van der Waals surface area (Å²) in [6.45, 7) is 10.1. The van der Waals surface area contributed by atoms with E-state index < -0.39 is 0 Å². The van der Waals surface area contributed by atoms with Gasteiger partial charge in [0, 0.05) is 5.54 Å². The lowest BCUT2D eigenvalue weighted by molar-refractivity contribution is 0.0360. The maximum Gasteiger partial charge on any atom is 0.0729 e. The molecule has 15 heavy (non-hydrogen) atoms. The Balaban J connectivity index is 2.16. The van der Waals surface area contributed by atoms with Crippen molar-refractivity contribution < 1.29 is 5.11 Å². The third-order valence-corrected chi connectivity index (χ3v) is 4.96. The molecule has 2 rings (SSSR count). The molecule has 3 unspecified atom stereocenters. The molecule has 2 heteroatoms. The number of hydrogen-bond acceptors (Lipinski definition) is 2. The molecule has 2 bridgehead atoms. The molecule has 0 amide bonds. The summed E-state index contributed by atoms with van der Waals surface area (Å²) in [6.07, 6.45) is 3.30. The Morgan fingerprint density at radius 1 is 1.40 bits per heavy atom. The molecule has 2 N–H and O–H groups in total. The van der Waals surface area contributed by atoms with Crippen LogP contribution in [0.15, 0.2) is 0 Å². The molecule has 2 nitrogen and oxygen atoms in total. The third kappa shape index (κ3) is 1.45. The van der Waals surface area contributed by atoms with Gasteiger partial charge in [-0.25, -0.2) is 0 Å². The van der Waals surface area contributed by atoms with E-state index in [4.69, 9.17) is 0 Å². The van der Waals surface area contributed by atoms with Crippen molar-refractivity contribution in [2.45, 2.75) is 58.6 Å². The molecular formula is C13H25NO. The first-order chi connectivity index (χ1) is 6.90. The molecule has 0 aromatic rings. The molecule has 2 aliphatic carbocycles. The summed E-state index contributed by atoms with van der Waals surface area (Å²) >= 11 is 0. The van der Waals surface area contributed by atoms with E-state index in [0.29, 0.717) is 11.8 Å². The first kappa shape index (κ1) is 11.4. The van der Waals surface area contributed by atoms with Crippen LogP contribution in [0.1, 0.15) is 47.0 Å². The summed E-state index contributed by atoms with van der Waals surface area (Å²) in [7, 11) is 0. The fourth-order valence-corrected chi connectivity index (χ4v) is 3.75. The Morgan fingerprint density at radius 2 is 2.07 bits per heavy atom. The summed E-state index contributed by atoms with van der Waals surface area (Å²) in [5, 5.41) is 13.9. The van der Waals surface area contributed by atoms with E-state index >= 15 is 0 Å². The second-order valence-electron chi connectivity index (χ2n) is 6.45. The summed E-state index contributed by atoms with van der Waals surface area (Å²) in [4.78, 5) is 0. The molecule has 0 aliphatic heterocycles. The van der Waals surface area contributed by atoms with Crippen molar-refractivity contribution in [2.24, 2.45) is 17.3 Å². The van der Waals surface area contributed by atoms with Crippen molar-refractivity contribution in [2.75, 3.05) is 6.54 Å². The first-order valence-corrected chi connectivity index (χ1v) is 6.33. The molecule has 2 saturated carbocycles. The van der Waals surface area contributed by atoms with Crippen molar-refractivity contribution >= 4 is 0 Å². The highest BCUT2D eigenvalue weighted by atomic mass is 16.3. The fourth-order valence-electron chi connectivity index (χ4n) is 3.75. The van der Waals surface area contributed by atoms with E-state index in [9.17, 15) is 5.11 Å². The molecule has 2 fully saturated rings. The van der Waals surface area contributed by atoms with Crippen molar-refractivity contribution in [1.29, 1.82) is 0 Å². The lowest BCUT2D eigenvalue weighted by Crippen LogP contribution is -2.58. The number of aliphatic hydroxyl groups excluding tert-OH is 1. The summed E-state index contributed by atoms with van der Waals surface area (Å²) in [5.41, 5.74) is 0.267. The van der Waals surface area contributed by atoms with Gasteiger partial charge in [0.25, 0.3) is 0 Å². The molecular weight excluding hydrogens is 186 g/mol. The van der Waals surface area contributed by atoms with Gasteiger partial charge in [-0.1, -0.05) is 27.7 Å². The number of nitrogens with one attached hydrogen (secondary N) is 1. The number of hydrogen-bond donors (Lipinski definition) is 2. The highest BCUT2D eigenvalue weighted by molar-refractivity contribution is 5.18. The zero-order valence-electron chi connectivity index (χ0n) is 10.5. The second-order valence-corrected chi connectivity index (χ2v) is 6.45. The Morgan fingerprint density at radius 3 is 2.47 bits per heavy atom. The van der Waals surface area contributed by atoms with Gasteiger partial charge in [-0.15, -0.1) is 0 Å². The predicted molar refractivity (Wildman–Crippen MR) is 62.7 cm³/mol. The van der Waals surface area contributed by atoms with Crippen molar-refractivity contribution in [3.05, 3.63) is 0 Å². The maximum atomic E-state index is 10.3. The van der Waals surface area contributed by atoms with Crippen molar-refractivity contribution in [1.82, 2.24) is 5.32 Å². The van der Waals surface area contributed by atoms with E-state index in [2.05, 4.69) is 33.0 Å². The van der Waals surface area contributed by atoms with E-state index in [1.807, 2.05) is 0 Å². The van der Waals surface area contributed by atoms with Gasteiger partial charge < -0.3 is 10.4 Å². The largest absolute Gasteiger partial charge is 0.391 e. The third-order valence-electron chi connectivity index (χ3n) is 4.96. The molecule has 0 aromatic heterocycles. The maximum absolute atomic E-state index is 10.3. The molecule has 0 heterocycles. The zero-order valence-corrected chi connectivity index (χ0v) is 10.5. The molecule has 0 aromatic carbocycles. The Hall–Kier alpha value is -0.0800. The quantitative estimate of drug-likeness (QED) is 0.750. The molecule has 88 valence electrons. The van der Waals surface area contributed by atoms with E-state index in [1.54, 1.807) is 0 Å². The molecule has 0 radical (unpaired) electrons. The predicted octanol–water partition coefficient (Wildman–Crippen LogP) is 2.17. The van der Waals surface area contributed by atoms with Crippen molar-refractivity contribution in [3.8, 4) is 0 Å². The number of rotatable bonds is 3. The minimum atomic E-state index is -0.134. The Labute approximate surface area is 93.5 Å². The normalized spacial score (nSPS) is 42.8. The summed E-state index contributed by atoms with van der Waals surface area (Å²) in [6, 6.07) is 0. The summed E-state index contributed by atoms with van der Waals surface area (Å²) < 4.78 is 0. The SMILES string of the molecule is CC(C)CNC12CCC(CC1O)C2(C)C. The van der Waals surface area contributed by atoms with Gasteiger partial charge in [0.1, 0.15) is 0 Å². The fraction of sp³-hybridized carbons (Fsp3) is 1.00. The van der Waals surface area contributed by atoms with Crippen LogP contribution in [-0.4, -0.2) is 23.3 Å². The van der Waals surface area contributed by atoms with Crippen LogP contribution in [-0.2, 0) is 0 Å². The second kappa shape index (κ2) is 3.46. The highest BCUT2D eigenvalue weighted by Gasteiger charge is 2.63. The minimum Gasteiger partial charge on any atom is -0.391 e. The molecule has 2 aliphatic rings. The van der Waals surface area contributed by atoms with Gasteiger partial charge >= 0.3 is 0 Å². The van der Waals surface area contributed by atoms with Crippen LogP contribution in [0.5, 0.6) is 0 Å². The smallest absolute Gasteiger partial charge is 0.0729 e. The van der Waals surface area contributed by atoms with Crippen LogP contribution in [0, 0.1) is 17.3 Å². The lowest BCUT2D eigenvalue weighted by atomic mass is 9.75. The van der Waals surface area contributed by atoms with Crippen LogP contribution in [0.4, 0.5) is 0 Å². The zero-order chi connectivity index (χ0) is 11.3. The van der Waals surface area contributed by atoms with Gasteiger partial charge in [0.15, 0.2) is 0 Å². The van der Waals surface area contributed by atoms with Gasteiger partial charge in [-0.2, -0.15) is 0 Å². The van der Waals surface area contributed by atoms with E-state index in [1.165, 1.54) is 6.42 Å². The van der Waals surface area contributed by atoms with Gasteiger partial charge in [-0.3, -0.25) is 0 Å². The standard InChI is InChI=1S/C13H25NO/c1-9(2)8-14-13-6-5-10(7-11(13)15)12(13,3)4/h9-11,14-15H,5-8H2,1-4H3. The average molecular weight is 211 g/mol. The summed E-state index contributed by atoms with van der Waals surface area (Å²) in [5.74, 6) is 1.37. The van der Waals surface area contributed by atoms with E-state index in [-0.39, 0.29) is 17.1 Å². The van der Waals surface area contributed by atoms with Gasteiger partial charge in [0.05, 0.1) is 6.10 Å². The van der Waals surface area contributed by atoms with Crippen LogP contribution >= 0.6 is 0 Å². The van der Waals surface area contributed by atoms with Crippen LogP contribution < -0.4 is 5.32 Å². The monoisotopic (exact) mass is 211 g/mol. The van der Waals surface area contributed by atoms with Crippen LogP contribution in [0.25, 0.3) is 0 Å². The molecule has 0 spiro atoms. The van der Waals surface area contributed by atoms with Gasteiger partial charge in [-0.05, 0) is 43.1 Å². The Bertz CT molecular complexity index is 249. The molecule has 0 saturated heterocycles. The minimum absolute atomic E-state index is 0.00192. The Kier molecular flexibility index (Phi) is 2.63. The number of fused-ring (bicyclic) bond motifs is 2. The van der Waals surface area contributed by atoms with Crippen LogP contribution in [0.2, 0.25) is 0 Å².